The summed E-state index contributed by atoms with van der Waals surface area (Å²) in [5.74, 6) is -0.668. The second-order valence-corrected chi connectivity index (χ2v) is 9.32. The molecule has 2 aromatic carbocycles. The summed E-state index contributed by atoms with van der Waals surface area (Å²) in [5.41, 5.74) is 1.60. The molecule has 11 heteroatoms. The van der Waals surface area contributed by atoms with Crippen LogP contribution in [0, 0.1) is 5.82 Å². The second kappa shape index (κ2) is 11.1. The van der Waals surface area contributed by atoms with Crippen LogP contribution in [0.5, 0.6) is 5.75 Å². The van der Waals surface area contributed by atoms with Crippen LogP contribution in [0.15, 0.2) is 42.6 Å². The lowest BCUT2D eigenvalue weighted by Crippen LogP contribution is -2.40. The molecule has 4 rings (SSSR count). The third-order valence-corrected chi connectivity index (χ3v) is 6.12. The molecular weight excluding hydrogens is 501 g/mol. The van der Waals surface area contributed by atoms with Crippen molar-refractivity contribution in [1.29, 1.82) is 0 Å². The number of carbonyl (C=O) groups is 2. The number of anilines is 1. The summed E-state index contributed by atoms with van der Waals surface area (Å²) in [4.78, 5) is 35.6. The summed E-state index contributed by atoms with van der Waals surface area (Å²) in [5, 5.41) is 15.8. The minimum Gasteiger partial charge on any atom is -0.497 e. The largest absolute Gasteiger partial charge is 0.497 e. The van der Waals surface area contributed by atoms with Crippen molar-refractivity contribution in [1.82, 2.24) is 20.2 Å². The van der Waals surface area contributed by atoms with Crippen LogP contribution in [0.25, 0.3) is 11.3 Å². The van der Waals surface area contributed by atoms with Crippen LogP contribution in [0.2, 0.25) is 5.02 Å². The average Bonchev–Trinajstić information content (AvgIpc) is 3.19. The van der Waals surface area contributed by atoms with Gasteiger partial charge < -0.3 is 25.4 Å². The number of ether oxygens (including phenoxy) is 1. The SMILES string of the molecule is COc1cccc(C(CO)NC(=O)CN2Cc3c(F)cc(-c4nc(NC(C)C)ncc4Cl)cc3C2=O)c1. The van der Waals surface area contributed by atoms with Gasteiger partial charge in [-0.05, 0) is 43.7 Å². The predicted molar refractivity (Wildman–Crippen MR) is 137 cm³/mol. The number of amides is 2. The van der Waals surface area contributed by atoms with Gasteiger partial charge in [0.15, 0.2) is 0 Å². The number of aliphatic hydroxyl groups is 1. The molecule has 0 aliphatic carbocycles. The van der Waals surface area contributed by atoms with Gasteiger partial charge in [-0.2, -0.15) is 0 Å². The van der Waals surface area contributed by atoms with Crippen molar-refractivity contribution in [2.24, 2.45) is 0 Å². The maximum atomic E-state index is 15.1. The molecule has 3 N–H and O–H groups in total. The Morgan fingerprint density at radius 3 is 2.78 bits per heavy atom. The highest BCUT2D eigenvalue weighted by Gasteiger charge is 2.32. The fourth-order valence-electron chi connectivity index (χ4n) is 4.09. The third-order valence-electron chi connectivity index (χ3n) is 5.85. The van der Waals surface area contributed by atoms with E-state index in [1.54, 1.807) is 24.3 Å². The zero-order valence-electron chi connectivity index (χ0n) is 20.6. The van der Waals surface area contributed by atoms with E-state index in [1.165, 1.54) is 30.3 Å². The molecule has 1 atom stereocenters. The lowest BCUT2D eigenvalue weighted by atomic mass is 10.0. The smallest absolute Gasteiger partial charge is 0.255 e. The lowest BCUT2D eigenvalue weighted by Gasteiger charge is -2.20. The first-order valence-corrected chi connectivity index (χ1v) is 12.0. The predicted octanol–water partition coefficient (Wildman–Crippen LogP) is 3.57. The highest BCUT2D eigenvalue weighted by molar-refractivity contribution is 6.33. The number of benzene rings is 2. The van der Waals surface area contributed by atoms with Gasteiger partial charge in [-0.1, -0.05) is 23.7 Å². The molecule has 0 saturated carbocycles. The number of rotatable bonds is 9. The van der Waals surface area contributed by atoms with Gasteiger partial charge in [0, 0.05) is 22.7 Å². The van der Waals surface area contributed by atoms with Gasteiger partial charge in [-0.25, -0.2) is 14.4 Å². The topological polar surface area (TPSA) is 117 Å². The summed E-state index contributed by atoms with van der Waals surface area (Å²) in [6, 6.07) is 9.12. The molecule has 1 aliphatic rings. The van der Waals surface area contributed by atoms with Crippen LogP contribution >= 0.6 is 11.6 Å². The monoisotopic (exact) mass is 527 g/mol. The van der Waals surface area contributed by atoms with Gasteiger partial charge in [-0.15, -0.1) is 0 Å². The van der Waals surface area contributed by atoms with Crippen LogP contribution < -0.4 is 15.4 Å². The van der Waals surface area contributed by atoms with E-state index >= 15 is 4.39 Å². The third kappa shape index (κ3) is 5.81. The zero-order chi connectivity index (χ0) is 26.7. The van der Waals surface area contributed by atoms with Crippen molar-refractivity contribution in [3.05, 3.63) is 70.1 Å². The Hall–Kier alpha value is -3.76. The first-order valence-electron chi connectivity index (χ1n) is 11.7. The van der Waals surface area contributed by atoms with Gasteiger partial charge in [0.1, 0.15) is 18.1 Å². The van der Waals surface area contributed by atoms with E-state index in [4.69, 9.17) is 16.3 Å². The molecule has 9 nitrogen and oxygen atoms in total. The molecule has 1 aliphatic heterocycles. The van der Waals surface area contributed by atoms with E-state index in [0.29, 0.717) is 22.8 Å². The number of hydrogen-bond donors (Lipinski definition) is 3. The van der Waals surface area contributed by atoms with E-state index in [9.17, 15) is 14.7 Å². The Kier molecular flexibility index (Phi) is 7.89. The van der Waals surface area contributed by atoms with Gasteiger partial charge in [-0.3, -0.25) is 9.59 Å². The molecule has 0 spiro atoms. The normalized spacial score (nSPS) is 13.5. The zero-order valence-corrected chi connectivity index (χ0v) is 21.3. The molecule has 0 saturated heterocycles. The van der Waals surface area contributed by atoms with E-state index in [-0.39, 0.29) is 47.6 Å². The minimum atomic E-state index is -0.695. The molecule has 2 heterocycles. The van der Waals surface area contributed by atoms with Crippen molar-refractivity contribution < 1.29 is 23.8 Å². The first kappa shape index (κ1) is 26.3. The van der Waals surface area contributed by atoms with E-state index < -0.39 is 23.7 Å². The van der Waals surface area contributed by atoms with Gasteiger partial charge in [0.2, 0.25) is 11.9 Å². The maximum absolute atomic E-state index is 15.1. The number of methoxy groups -OCH3 is 1. The molecule has 1 unspecified atom stereocenters. The fourth-order valence-corrected chi connectivity index (χ4v) is 4.29. The van der Waals surface area contributed by atoms with Crippen LogP contribution in [0.3, 0.4) is 0 Å². The van der Waals surface area contributed by atoms with Crippen molar-refractivity contribution in [3.63, 3.8) is 0 Å². The minimum absolute atomic E-state index is 0.0612. The molecule has 2 amide bonds. The number of halogens is 2. The van der Waals surface area contributed by atoms with Gasteiger partial charge >= 0.3 is 0 Å². The number of aliphatic hydroxyl groups excluding tert-OH is 1. The fraction of sp³-hybridized carbons (Fsp3) is 0.308. The summed E-state index contributed by atoms with van der Waals surface area (Å²) >= 11 is 6.28. The van der Waals surface area contributed by atoms with Crippen LogP contribution in [-0.2, 0) is 11.3 Å². The highest BCUT2D eigenvalue weighted by Crippen LogP contribution is 2.33. The van der Waals surface area contributed by atoms with Crippen molar-refractivity contribution >= 4 is 29.4 Å². The van der Waals surface area contributed by atoms with E-state index in [2.05, 4.69) is 20.6 Å². The van der Waals surface area contributed by atoms with Gasteiger partial charge in [0.05, 0.1) is 43.2 Å². The number of carbonyl (C=O) groups excluding carboxylic acids is 2. The molecule has 0 fully saturated rings. The summed E-state index contributed by atoms with van der Waals surface area (Å²) < 4.78 is 20.3. The second-order valence-electron chi connectivity index (χ2n) is 8.91. The van der Waals surface area contributed by atoms with Crippen LogP contribution in [0.1, 0.15) is 41.4 Å². The molecule has 1 aromatic heterocycles. The lowest BCUT2D eigenvalue weighted by molar-refractivity contribution is -0.122. The number of nitrogens with one attached hydrogen (secondary N) is 2. The molecule has 0 radical (unpaired) electrons. The van der Waals surface area contributed by atoms with Crippen molar-refractivity contribution in [2.75, 3.05) is 25.6 Å². The Morgan fingerprint density at radius 2 is 2.08 bits per heavy atom. The highest BCUT2D eigenvalue weighted by atomic mass is 35.5. The van der Waals surface area contributed by atoms with Crippen molar-refractivity contribution in [3.8, 4) is 17.0 Å². The standard InChI is InChI=1S/C26H27ClFN5O4/c1-14(2)30-26-29-10-20(27)24(32-26)16-8-18-19(21(28)9-16)11-33(25(18)36)12-23(35)31-22(13-34)15-5-4-6-17(7-15)37-3/h4-10,14,22,34H,11-13H2,1-3H3,(H,31,35)(H,29,30,32). The Labute approximate surface area is 218 Å². The summed E-state index contributed by atoms with van der Waals surface area (Å²) in [6.45, 7) is 3.14. The molecule has 194 valence electrons. The van der Waals surface area contributed by atoms with Crippen LogP contribution in [0.4, 0.5) is 10.3 Å². The molecule has 3 aromatic rings. The molecule has 0 bridgehead atoms. The van der Waals surface area contributed by atoms with E-state index in [1.807, 2.05) is 13.8 Å². The first-order chi connectivity index (χ1) is 17.7. The van der Waals surface area contributed by atoms with Gasteiger partial charge in [0.25, 0.3) is 5.91 Å². The summed E-state index contributed by atoms with van der Waals surface area (Å²) in [7, 11) is 1.52. The Balaban J connectivity index is 1.52. The number of aromatic nitrogens is 2. The quantitative estimate of drug-likeness (QED) is 0.389. The maximum Gasteiger partial charge on any atom is 0.255 e. The number of nitrogens with zero attached hydrogens (tertiary/aromatic N) is 3. The van der Waals surface area contributed by atoms with Crippen LogP contribution in [-0.4, -0.2) is 58.1 Å². The molecule has 37 heavy (non-hydrogen) atoms. The molecular formula is C26H27ClFN5O4. The number of hydrogen-bond acceptors (Lipinski definition) is 7. The Morgan fingerprint density at radius 1 is 1.30 bits per heavy atom. The average molecular weight is 528 g/mol. The van der Waals surface area contributed by atoms with E-state index in [0.717, 1.165) is 0 Å². The Bertz CT molecular complexity index is 1340. The number of fused-ring (bicyclic) bond motifs is 1. The van der Waals surface area contributed by atoms with Crippen molar-refractivity contribution in [2.45, 2.75) is 32.5 Å². The summed E-state index contributed by atoms with van der Waals surface area (Å²) in [6.07, 6.45) is 1.41.